The van der Waals surface area contributed by atoms with Crippen LogP contribution in [0.4, 0.5) is 0 Å². The van der Waals surface area contributed by atoms with E-state index in [4.69, 9.17) is 9.05 Å². The molecule has 0 rings (SSSR count). The van der Waals surface area contributed by atoms with Crippen LogP contribution in [-0.2, 0) is 28.0 Å². The van der Waals surface area contributed by atoms with Crippen LogP contribution in [0.25, 0.3) is 0 Å². The second kappa shape index (κ2) is 8.19. The van der Waals surface area contributed by atoms with Gasteiger partial charge in [-0.05, 0) is 27.7 Å². The maximum atomic E-state index is 12.4. The van der Waals surface area contributed by atoms with E-state index in [1.165, 1.54) is 6.92 Å². The fourth-order valence-corrected chi connectivity index (χ4v) is 2.81. The van der Waals surface area contributed by atoms with Gasteiger partial charge in [0.15, 0.2) is 0 Å². The fraction of sp³-hybridized carbons (Fsp3) is 0.667. The number of hydroxylamine groups is 2. The Hall–Kier alpha value is -1.17. The number of hydrogen-bond acceptors (Lipinski definition) is 6. The highest BCUT2D eigenvalue weighted by Gasteiger charge is 2.25. The highest BCUT2D eigenvalue weighted by atomic mass is 31.2. The van der Waals surface area contributed by atoms with Crippen LogP contribution in [0.15, 0.2) is 12.0 Å². The molecule has 0 heterocycles. The van der Waals surface area contributed by atoms with Gasteiger partial charge in [-0.1, -0.05) is 0 Å². The maximum absolute atomic E-state index is 12.4. The van der Waals surface area contributed by atoms with Crippen molar-refractivity contribution in [2.45, 2.75) is 53.8 Å². The standard InChI is InChI=1S/C12H22NO6P/c1-9(2)18-20(16,19-10(3)4)8-7-13(11(5)14)17-12(6)15/h7-10H,1-6H3/b8-7+. The van der Waals surface area contributed by atoms with Crippen LogP contribution in [-0.4, -0.2) is 29.1 Å². The average Bonchev–Trinajstić information content (AvgIpc) is 2.20. The molecule has 0 aromatic heterocycles. The van der Waals surface area contributed by atoms with Crippen molar-refractivity contribution in [2.24, 2.45) is 0 Å². The quantitative estimate of drug-likeness (QED) is 0.554. The Morgan fingerprint density at radius 3 is 1.80 bits per heavy atom. The van der Waals surface area contributed by atoms with Crippen molar-refractivity contribution in [3.8, 4) is 0 Å². The Kier molecular flexibility index (Phi) is 7.71. The van der Waals surface area contributed by atoms with Crippen LogP contribution in [0.3, 0.4) is 0 Å². The van der Waals surface area contributed by atoms with Crippen molar-refractivity contribution in [3.63, 3.8) is 0 Å². The van der Waals surface area contributed by atoms with Crippen LogP contribution in [0.2, 0.25) is 0 Å². The molecular weight excluding hydrogens is 285 g/mol. The zero-order valence-electron chi connectivity index (χ0n) is 12.7. The summed E-state index contributed by atoms with van der Waals surface area (Å²) in [6, 6.07) is 0. The summed E-state index contributed by atoms with van der Waals surface area (Å²) < 4.78 is 22.9. The lowest BCUT2D eigenvalue weighted by Crippen LogP contribution is -2.25. The lowest BCUT2D eigenvalue weighted by molar-refractivity contribution is -0.184. The molecule has 0 atom stereocenters. The van der Waals surface area contributed by atoms with Gasteiger partial charge in [0.25, 0.3) is 5.91 Å². The van der Waals surface area contributed by atoms with Crippen LogP contribution < -0.4 is 0 Å². The first kappa shape index (κ1) is 18.8. The molecule has 0 unspecified atom stereocenters. The summed E-state index contributed by atoms with van der Waals surface area (Å²) in [7, 11) is -3.53. The van der Waals surface area contributed by atoms with Gasteiger partial charge in [-0.15, -0.1) is 5.06 Å². The second-order valence-electron chi connectivity index (χ2n) is 4.57. The molecule has 0 saturated carbocycles. The molecular formula is C12H22NO6P. The molecule has 0 fully saturated rings. The van der Waals surface area contributed by atoms with Gasteiger partial charge in [0.05, 0.1) is 18.4 Å². The van der Waals surface area contributed by atoms with Crippen LogP contribution in [0.1, 0.15) is 41.5 Å². The van der Waals surface area contributed by atoms with Crippen molar-refractivity contribution in [1.29, 1.82) is 0 Å². The number of carbonyl (C=O) groups excluding carboxylic acids is 2. The van der Waals surface area contributed by atoms with Gasteiger partial charge < -0.3 is 13.9 Å². The van der Waals surface area contributed by atoms with Gasteiger partial charge in [0.2, 0.25) is 0 Å². The average molecular weight is 307 g/mol. The van der Waals surface area contributed by atoms with E-state index in [-0.39, 0.29) is 12.2 Å². The lowest BCUT2D eigenvalue weighted by Gasteiger charge is -2.21. The van der Waals surface area contributed by atoms with Gasteiger partial charge in [-0.2, -0.15) is 0 Å². The molecule has 0 aliphatic heterocycles. The van der Waals surface area contributed by atoms with E-state index in [0.717, 1.165) is 18.9 Å². The summed E-state index contributed by atoms with van der Waals surface area (Å²) in [4.78, 5) is 26.8. The first-order valence-electron chi connectivity index (χ1n) is 6.20. The number of nitrogens with zero attached hydrogens (tertiary/aromatic N) is 1. The fourth-order valence-electron chi connectivity index (χ4n) is 1.16. The van der Waals surface area contributed by atoms with Gasteiger partial charge in [0, 0.05) is 19.7 Å². The van der Waals surface area contributed by atoms with Gasteiger partial charge in [-0.3, -0.25) is 9.36 Å². The Morgan fingerprint density at radius 1 is 1.05 bits per heavy atom. The molecule has 0 saturated heterocycles. The molecule has 0 bridgehead atoms. The third-order valence-electron chi connectivity index (χ3n) is 1.64. The molecule has 7 nitrogen and oxygen atoms in total. The van der Waals surface area contributed by atoms with E-state index < -0.39 is 19.5 Å². The molecule has 0 aliphatic rings. The SMILES string of the molecule is CC(=O)ON(/C=C/P(=O)(OC(C)C)OC(C)C)C(C)=O. The molecule has 0 aromatic carbocycles. The molecule has 0 radical (unpaired) electrons. The minimum Gasteiger partial charge on any atom is -0.334 e. The molecule has 1 amide bonds. The molecule has 0 aliphatic carbocycles. The van der Waals surface area contributed by atoms with Crippen LogP contribution in [0.5, 0.6) is 0 Å². The first-order chi connectivity index (χ1) is 9.05. The Bertz CT molecular complexity index is 404. The first-order valence-corrected chi connectivity index (χ1v) is 7.81. The highest BCUT2D eigenvalue weighted by molar-refractivity contribution is 7.57. The summed E-state index contributed by atoms with van der Waals surface area (Å²) in [5.41, 5.74) is 0. The van der Waals surface area contributed by atoms with E-state index in [1.54, 1.807) is 27.7 Å². The predicted molar refractivity (Wildman–Crippen MR) is 73.5 cm³/mol. The maximum Gasteiger partial charge on any atom is 0.356 e. The topological polar surface area (TPSA) is 82.1 Å². The second-order valence-corrected chi connectivity index (χ2v) is 6.37. The molecule has 0 N–H and O–H groups in total. The van der Waals surface area contributed by atoms with E-state index >= 15 is 0 Å². The van der Waals surface area contributed by atoms with E-state index in [9.17, 15) is 14.2 Å². The number of amides is 1. The third-order valence-corrected chi connectivity index (χ3v) is 3.57. The van der Waals surface area contributed by atoms with Gasteiger partial charge in [0.1, 0.15) is 0 Å². The molecule has 116 valence electrons. The zero-order valence-corrected chi connectivity index (χ0v) is 13.5. The van der Waals surface area contributed by atoms with Gasteiger partial charge in [-0.25, -0.2) is 4.79 Å². The van der Waals surface area contributed by atoms with Crippen LogP contribution in [0, 0.1) is 0 Å². The largest absolute Gasteiger partial charge is 0.356 e. The summed E-state index contributed by atoms with van der Waals surface area (Å²) in [5, 5.41) is 0.669. The van der Waals surface area contributed by atoms with E-state index in [1.807, 2.05) is 0 Å². The van der Waals surface area contributed by atoms with Crippen LogP contribution >= 0.6 is 7.60 Å². The molecule has 20 heavy (non-hydrogen) atoms. The molecule has 8 heteroatoms. The lowest BCUT2D eigenvalue weighted by atomic mass is 10.5. The van der Waals surface area contributed by atoms with E-state index in [2.05, 4.69) is 4.84 Å². The number of hydrogen-bond donors (Lipinski definition) is 0. The smallest absolute Gasteiger partial charge is 0.334 e. The Balaban J connectivity index is 5.10. The summed E-state index contributed by atoms with van der Waals surface area (Å²) in [5.74, 6) is -0.122. The Morgan fingerprint density at radius 2 is 1.50 bits per heavy atom. The van der Waals surface area contributed by atoms with Crippen molar-refractivity contribution in [2.75, 3.05) is 0 Å². The highest BCUT2D eigenvalue weighted by Crippen LogP contribution is 2.52. The zero-order chi connectivity index (χ0) is 15.9. The number of carbonyl (C=O) groups is 2. The predicted octanol–water partition coefficient (Wildman–Crippen LogP) is 2.83. The van der Waals surface area contributed by atoms with Crippen molar-refractivity contribution in [3.05, 3.63) is 12.0 Å². The minimum absolute atomic E-state index is 0.330. The summed E-state index contributed by atoms with van der Waals surface area (Å²) >= 11 is 0. The van der Waals surface area contributed by atoms with Crippen molar-refractivity contribution in [1.82, 2.24) is 5.06 Å². The summed E-state index contributed by atoms with van der Waals surface area (Å²) in [6.07, 6.45) is 0.405. The minimum atomic E-state index is -3.53. The van der Waals surface area contributed by atoms with Crippen molar-refractivity contribution >= 4 is 19.5 Å². The van der Waals surface area contributed by atoms with E-state index in [0.29, 0.717) is 5.06 Å². The van der Waals surface area contributed by atoms with Crippen molar-refractivity contribution < 1.29 is 28.0 Å². The summed E-state index contributed by atoms with van der Waals surface area (Å²) in [6.45, 7) is 9.18. The monoisotopic (exact) mass is 307 g/mol. The third kappa shape index (κ3) is 8.09. The molecule has 0 spiro atoms. The molecule has 0 aromatic rings. The van der Waals surface area contributed by atoms with Gasteiger partial charge >= 0.3 is 13.6 Å². The normalized spacial score (nSPS) is 12.2. The number of rotatable bonds is 6. The Labute approximate surface area is 119 Å².